The predicted molar refractivity (Wildman–Crippen MR) is 112 cm³/mol. The molecule has 3 aromatic rings. The SMILES string of the molecule is COc1ccc(-c2nc(CNC(=O)[C@@H](C)Oc3cccc(C)c3C)cs2)cc1. The van der Waals surface area contributed by atoms with E-state index in [9.17, 15) is 4.79 Å². The van der Waals surface area contributed by atoms with Crippen molar-refractivity contribution in [1.29, 1.82) is 0 Å². The summed E-state index contributed by atoms with van der Waals surface area (Å²) < 4.78 is 11.0. The molecule has 0 fully saturated rings. The van der Waals surface area contributed by atoms with Crippen molar-refractivity contribution in [2.45, 2.75) is 33.4 Å². The van der Waals surface area contributed by atoms with Gasteiger partial charge in [-0.15, -0.1) is 11.3 Å². The highest BCUT2D eigenvalue weighted by atomic mass is 32.1. The fourth-order valence-electron chi connectivity index (χ4n) is 2.67. The van der Waals surface area contributed by atoms with E-state index in [1.54, 1.807) is 25.4 Å². The first-order chi connectivity index (χ1) is 13.5. The number of nitrogens with one attached hydrogen (secondary N) is 1. The Kier molecular flexibility index (Phi) is 6.31. The van der Waals surface area contributed by atoms with E-state index in [-0.39, 0.29) is 5.91 Å². The largest absolute Gasteiger partial charge is 0.497 e. The molecule has 1 heterocycles. The summed E-state index contributed by atoms with van der Waals surface area (Å²) in [5, 5.41) is 5.76. The Balaban J connectivity index is 1.57. The topological polar surface area (TPSA) is 60.5 Å². The quantitative estimate of drug-likeness (QED) is 0.638. The third-order valence-corrected chi connectivity index (χ3v) is 5.50. The van der Waals surface area contributed by atoms with Gasteiger partial charge in [0.1, 0.15) is 16.5 Å². The Hall–Kier alpha value is -2.86. The van der Waals surface area contributed by atoms with Crippen LogP contribution in [0.25, 0.3) is 10.6 Å². The summed E-state index contributed by atoms with van der Waals surface area (Å²) >= 11 is 1.55. The number of thiazole rings is 1. The maximum Gasteiger partial charge on any atom is 0.261 e. The van der Waals surface area contributed by atoms with Crippen molar-refractivity contribution in [2.75, 3.05) is 7.11 Å². The molecule has 1 atom stereocenters. The van der Waals surface area contributed by atoms with E-state index in [4.69, 9.17) is 9.47 Å². The average Bonchev–Trinajstić information content (AvgIpc) is 3.18. The average molecular weight is 397 g/mol. The monoisotopic (exact) mass is 396 g/mol. The van der Waals surface area contributed by atoms with Crippen LogP contribution in [0.2, 0.25) is 0 Å². The van der Waals surface area contributed by atoms with Gasteiger partial charge in [0.05, 0.1) is 19.3 Å². The summed E-state index contributed by atoms with van der Waals surface area (Å²) in [6, 6.07) is 13.6. The van der Waals surface area contributed by atoms with E-state index in [2.05, 4.69) is 10.3 Å². The van der Waals surface area contributed by atoms with Crippen LogP contribution in [-0.4, -0.2) is 24.1 Å². The summed E-state index contributed by atoms with van der Waals surface area (Å²) in [5.41, 5.74) is 4.03. The van der Waals surface area contributed by atoms with Gasteiger partial charge in [-0.3, -0.25) is 4.79 Å². The number of amides is 1. The molecular weight excluding hydrogens is 372 g/mol. The minimum Gasteiger partial charge on any atom is -0.497 e. The first kappa shape index (κ1) is 19.9. The molecule has 5 nitrogen and oxygen atoms in total. The van der Waals surface area contributed by atoms with Crippen molar-refractivity contribution in [1.82, 2.24) is 10.3 Å². The Morgan fingerprint density at radius 1 is 1.18 bits per heavy atom. The van der Waals surface area contributed by atoms with Crippen LogP contribution in [0.15, 0.2) is 47.8 Å². The second kappa shape index (κ2) is 8.89. The highest BCUT2D eigenvalue weighted by Crippen LogP contribution is 2.26. The number of hydrogen-bond donors (Lipinski definition) is 1. The summed E-state index contributed by atoms with van der Waals surface area (Å²) in [5.74, 6) is 1.38. The van der Waals surface area contributed by atoms with E-state index in [0.717, 1.165) is 38.9 Å². The summed E-state index contributed by atoms with van der Waals surface area (Å²) in [6.45, 7) is 6.13. The maximum atomic E-state index is 12.4. The van der Waals surface area contributed by atoms with Crippen LogP contribution in [0, 0.1) is 13.8 Å². The van der Waals surface area contributed by atoms with E-state index < -0.39 is 6.10 Å². The maximum absolute atomic E-state index is 12.4. The molecule has 0 radical (unpaired) electrons. The number of nitrogens with zero attached hydrogens (tertiary/aromatic N) is 1. The summed E-state index contributed by atoms with van der Waals surface area (Å²) in [7, 11) is 1.64. The Morgan fingerprint density at radius 2 is 1.93 bits per heavy atom. The molecule has 0 aliphatic heterocycles. The first-order valence-corrected chi connectivity index (χ1v) is 9.95. The zero-order chi connectivity index (χ0) is 20.1. The van der Waals surface area contributed by atoms with E-state index >= 15 is 0 Å². The van der Waals surface area contributed by atoms with E-state index in [1.807, 2.05) is 61.7 Å². The predicted octanol–water partition coefficient (Wildman–Crippen LogP) is 4.52. The zero-order valence-corrected chi connectivity index (χ0v) is 17.3. The molecule has 0 spiro atoms. The standard InChI is InChI=1S/C22H24N2O3S/c1-14-6-5-7-20(15(14)2)27-16(3)21(25)23-12-18-13-28-22(24-18)17-8-10-19(26-4)11-9-17/h5-11,13,16H,12H2,1-4H3,(H,23,25)/t16-/m1/s1. The third-order valence-electron chi connectivity index (χ3n) is 4.56. The lowest BCUT2D eigenvalue weighted by molar-refractivity contribution is -0.127. The lowest BCUT2D eigenvalue weighted by atomic mass is 10.1. The van der Waals surface area contributed by atoms with Crippen molar-refractivity contribution in [3.05, 3.63) is 64.7 Å². The van der Waals surface area contributed by atoms with Crippen LogP contribution in [0.1, 0.15) is 23.7 Å². The van der Waals surface area contributed by atoms with E-state index in [0.29, 0.717) is 6.54 Å². The molecule has 0 aliphatic rings. The van der Waals surface area contributed by atoms with Gasteiger partial charge >= 0.3 is 0 Å². The van der Waals surface area contributed by atoms with Crippen LogP contribution in [-0.2, 0) is 11.3 Å². The number of benzene rings is 2. The highest BCUT2D eigenvalue weighted by Gasteiger charge is 2.16. The van der Waals surface area contributed by atoms with Gasteiger partial charge in [0.15, 0.2) is 6.10 Å². The highest BCUT2D eigenvalue weighted by molar-refractivity contribution is 7.13. The molecule has 1 aromatic heterocycles. The van der Waals surface area contributed by atoms with Crippen molar-refractivity contribution in [3.63, 3.8) is 0 Å². The molecule has 1 amide bonds. The van der Waals surface area contributed by atoms with Gasteiger partial charge in [0.2, 0.25) is 0 Å². The molecule has 0 bridgehead atoms. The normalized spacial score (nSPS) is 11.7. The number of aromatic nitrogens is 1. The second-order valence-corrected chi connectivity index (χ2v) is 7.41. The van der Waals surface area contributed by atoms with Crippen LogP contribution >= 0.6 is 11.3 Å². The fraction of sp³-hybridized carbons (Fsp3) is 0.273. The fourth-order valence-corrected chi connectivity index (χ4v) is 3.50. The molecule has 2 aromatic carbocycles. The molecular formula is C22H24N2O3S. The van der Waals surface area contributed by atoms with Crippen LogP contribution in [0.4, 0.5) is 0 Å². The molecule has 28 heavy (non-hydrogen) atoms. The molecule has 0 unspecified atom stereocenters. The van der Waals surface area contributed by atoms with Gasteiger partial charge in [-0.1, -0.05) is 12.1 Å². The lowest BCUT2D eigenvalue weighted by Gasteiger charge is -2.16. The number of carbonyl (C=O) groups excluding carboxylic acids is 1. The van der Waals surface area contributed by atoms with Crippen LogP contribution in [0.3, 0.4) is 0 Å². The van der Waals surface area contributed by atoms with Gasteiger partial charge in [-0.05, 0) is 62.2 Å². The Morgan fingerprint density at radius 3 is 2.64 bits per heavy atom. The van der Waals surface area contributed by atoms with Crippen molar-refractivity contribution < 1.29 is 14.3 Å². The van der Waals surface area contributed by atoms with Gasteiger partial charge in [0, 0.05) is 10.9 Å². The summed E-state index contributed by atoms with van der Waals surface area (Å²) in [4.78, 5) is 17.0. The molecule has 146 valence electrons. The molecule has 0 aliphatic carbocycles. The van der Waals surface area contributed by atoms with Gasteiger partial charge in [-0.25, -0.2) is 4.98 Å². The van der Waals surface area contributed by atoms with E-state index in [1.165, 1.54) is 0 Å². The number of rotatable bonds is 7. The van der Waals surface area contributed by atoms with Crippen molar-refractivity contribution in [2.24, 2.45) is 0 Å². The zero-order valence-electron chi connectivity index (χ0n) is 16.5. The molecule has 3 rings (SSSR count). The number of ether oxygens (including phenoxy) is 2. The summed E-state index contributed by atoms with van der Waals surface area (Å²) in [6.07, 6.45) is -0.583. The molecule has 6 heteroatoms. The van der Waals surface area contributed by atoms with Gasteiger partial charge in [0.25, 0.3) is 5.91 Å². The van der Waals surface area contributed by atoms with Gasteiger partial charge in [-0.2, -0.15) is 0 Å². The van der Waals surface area contributed by atoms with Crippen LogP contribution < -0.4 is 14.8 Å². The first-order valence-electron chi connectivity index (χ1n) is 9.07. The number of aryl methyl sites for hydroxylation is 1. The van der Waals surface area contributed by atoms with Crippen molar-refractivity contribution >= 4 is 17.2 Å². The molecule has 1 N–H and O–H groups in total. The minimum atomic E-state index is -0.583. The third kappa shape index (κ3) is 4.70. The number of carbonyl (C=O) groups is 1. The van der Waals surface area contributed by atoms with Crippen molar-refractivity contribution in [3.8, 4) is 22.1 Å². The number of hydrogen-bond acceptors (Lipinski definition) is 5. The molecule has 0 saturated heterocycles. The lowest BCUT2D eigenvalue weighted by Crippen LogP contribution is -2.36. The van der Waals surface area contributed by atoms with Crippen LogP contribution in [0.5, 0.6) is 11.5 Å². The molecule has 0 saturated carbocycles. The Labute approximate surface area is 169 Å². The number of methoxy groups -OCH3 is 1. The van der Waals surface area contributed by atoms with Gasteiger partial charge < -0.3 is 14.8 Å². The Bertz CT molecular complexity index is 951. The smallest absolute Gasteiger partial charge is 0.261 e. The second-order valence-electron chi connectivity index (χ2n) is 6.55. The minimum absolute atomic E-state index is 0.167.